The smallest absolute Gasteiger partial charge is 0.294 e. The van der Waals surface area contributed by atoms with Gasteiger partial charge in [-0.1, -0.05) is 36.3 Å². The molecule has 3 amide bonds. The van der Waals surface area contributed by atoms with Gasteiger partial charge in [-0.25, -0.2) is 0 Å². The van der Waals surface area contributed by atoms with Gasteiger partial charge < -0.3 is 14.4 Å². The Kier molecular flexibility index (Phi) is 6.71. The van der Waals surface area contributed by atoms with Crippen LogP contribution in [0.25, 0.3) is 6.08 Å². The first kappa shape index (κ1) is 22.5. The van der Waals surface area contributed by atoms with Crippen LogP contribution in [0.15, 0.2) is 47.4 Å². The van der Waals surface area contributed by atoms with E-state index in [1.165, 1.54) is 12.7 Å². The molecule has 0 aliphatic carbocycles. The lowest BCUT2D eigenvalue weighted by Crippen LogP contribution is -2.44. The zero-order chi connectivity index (χ0) is 23.4. The largest absolute Gasteiger partial charge is 0.493 e. The second-order valence-electron chi connectivity index (χ2n) is 7.50. The molecule has 2 aromatic rings. The predicted octanol–water partition coefficient (Wildman–Crippen LogP) is 3.33. The Morgan fingerprint density at radius 1 is 1.18 bits per heavy atom. The van der Waals surface area contributed by atoms with E-state index in [0.29, 0.717) is 30.2 Å². The number of ether oxygens (including phenoxy) is 2. The number of thioether (sulfide) groups is 1. The highest BCUT2D eigenvalue weighted by atomic mass is 32.2. The van der Waals surface area contributed by atoms with Crippen LogP contribution < -0.4 is 9.47 Å². The van der Waals surface area contributed by atoms with Gasteiger partial charge in [0.15, 0.2) is 11.5 Å². The van der Waals surface area contributed by atoms with Gasteiger partial charge in [0.1, 0.15) is 13.2 Å². The molecule has 0 atom stereocenters. The van der Waals surface area contributed by atoms with Crippen molar-refractivity contribution in [2.24, 2.45) is 0 Å². The van der Waals surface area contributed by atoms with Gasteiger partial charge in [0.25, 0.3) is 11.1 Å². The molecule has 2 heterocycles. The molecule has 8 heteroatoms. The number of carbonyl (C=O) groups is 3. The molecule has 33 heavy (non-hydrogen) atoms. The van der Waals surface area contributed by atoms with Crippen molar-refractivity contribution >= 4 is 34.9 Å². The number of benzene rings is 2. The van der Waals surface area contributed by atoms with Gasteiger partial charge in [-0.3, -0.25) is 19.3 Å². The molecule has 0 radical (unpaired) electrons. The highest BCUT2D eigenvalue weighted by molar-refractivity contribution is 8.18. The summed E-state index contributed by atoms with van der Waals surface area (Å²) in [7, 11) is 1.50. The molecule has 7 nitrogen and oxygen atoms in total. The van der Waals surface area contributed by atoms with Gasteiger partial charge in [0.05, 0.1) is 12.0 Å². The second-order valence-corrected chi connectivity index (χ2v) is 8.50. The topological polar surface area (TPSA) is 76.2 Å². The third-order valence-corrected chi connectivity index (χ3v) is 6.35. The number of methoxy groups -OCH3 is 1. The van der Waals surface area contributed by atoms with Crippen LogP contribution in [0.2, 0.25) is 0 Å². The maximum absolute atomic E-state index is 12.9. The molecule has 0 bridgehead atoms. The molecule has 168 valence electrons. The van der Waals surface area contributed by atoms with E-state index in [0.717, 1.165) is 28.6 Å². The van der Waals surface area contributed by atoms with Crippen molar-refractivity contribution in [3.05, 3.63) is 64.1 Å². The molecular formula is C25H22N2O5S. The first-order chi connectivity index (χ1) is 16.0. The van der Waals surface area contributed by atoms with Gasteiger partial charge in [-0.15, -0.1) is 6.42 Å². The zero-order valence-corrected chi connectivity index (χ0v) is 18.9. The van der Waals surface area contributed by atoms with Crippen LogP contribution in [0.5, 0.6) is 11.5 Å². The Balaban J connectivity index is 1.45. The lowest BCUT2D eigenvalue weighted by molar-refractivity contribution is -0.136. The monoisotopic (exact) mass is 462 g/mol. The van der Waals surface area contributed by atoms with Crippen LogP contribution in [-0.4, -0.2) is 53.7 Å². The summed E-state index contributed by atoms with van der Waals surface area (Å²) in [6.45, 7) is 0.877. The zero-order valence-electron chi connectivity index (χ0n) is 18.1. The molecule has 0 aromatic heterocycles. The van der Waals surface area contributed by atoms with Crippen molar-refractivity contribution in [2.45, 2.75) is 13.0 Å². The highest BCUT2D eigenvalue weighted by Crippen LogP contribution is 2.34. The first-order valence-corrected chi connectivity index (χ1v) is 11.2. The van der Waals surface area contributed by atoms with Gasteiger partial charge in [0, 0.05) is 13.1 Å². The summed E-state index contributed by atoms with van der Waals surface area (Å²) in [5, 5.41) is -0.460. The molecule has 2 aliphatic rings. The van der Waals surface area contributed by atoms with Crippen molar-refractivity contribution in [3.8, 4) is 23.8 Å². The fourth-order valence-corrected chi connectivity index (χ4v) is 4.58. The SMILES string of the molecule is C#CCOc1ccc(/C=C2\SC(=O)N(CC(=O)N3CCc4ccccc4C3)C2=O)cc1OC. The van der Waals surface area contributed by atoms with Gasteiger partial charge >= 0.3 is 0 Å². The Morgan fingerprint density at radius 3 is 2.73 bits per heavy atom. The number of carbonyl (C=O) groups excluding carboxylic acids is 3. The van der Waals surface area contributed by atoms with Crippen molar-refractivity contribution in [1.82, 2.24) is 9.80 Å². The molecule has 1 fully saturated rings. The normalized spacial score (nSPS) is 16.5. The van der Waals surface area contributed by atoms with Crippen molar-refractivity contribution in [3.63, 3.8) is 0 Å². The predicted molar refractivity (Wildman–Crippen MR) is 126 cm³/mol. The van der Waals surface area contributed by atoms with Crippen LogP contribution in [0.4, 0.5) is 4.79 Å². The number of terminal acetylenes is 1. The van der Waals surface area contributed by atoms with E-state index in [1.807, 2.05) is 18.2 Å². The molecule has 4 rings (SSSR count). The average Bonchev–Trinajstić information content (AvgIpc) is 3.09. The number of amides is 3. The Labute approximate surface area is 196 Å². The van der Waals surface area contributed by atoms with E-state index in [4.69, 9.17) is 15.9 Å². The van der Waals surface area contributed by atoms with E-state index in [-0.39, 0.29) is 24.0 Å². The lowest BCUT2D eigenvalue weighted by Gasteiger charge is -2.29. The standard InChI is InChI=1S/C25H22N2O5S/c1-3-12-32-20-9-8-17(13-21(20)31-2)14-22-24(29)27(25(30)33-22)16-23(28)26-11-10-18-6-4-5-7-19(18)15-26/h1,4-9,13-14H,10-12,15-16H2,2H3/b22-14-. The van der Waals surface area contributed by atoms with Crippen LogP contribution in [-0.2, 0) is 22.6 Å². The van der Waals surface area contributed by atoms with Crippen LogP contribution in [0, 0.1) is 12.3 Å². The summed E-state index contributed by atoms with van der Waals surface area (Å²) in [6, 6.07) is 13.1. The van der Waals surface area contributed by atoms with Crippen molar-refractivity contribution in [2.75, 3.05) is 26.8 Å². The minimum Gasteiger partial charge on any atom is -0.493 e. The number of hydrogen-bond donors (Lipinski definition) is 0. The second kappa shape index (κ2) is 9.84. The minimum absolute atomic E-state index is 0.102. The fourth-order valence-electron chi connectivity index (χ4n) is 3.74. The highest BCUT2D eigenvalue weighted by Gasteiger charge is 2.37. The van der Waals surface area contributed by atoms with E-state index in [9.17, 15) is 14.4 Å². The number of imide groups is 1. The minimum atomic E-state index is -0.484. The summed E-state index contributed by atoms with van der Waals surface area (Å²) in [6.07, 6.45) is 7.58. The Hall–Kier alpha value is -3.70. The lowest BCUT2D eigenvalue weighted by atomic mass is 10.00. The molecule has 2 aromatic carbocycles. The maximum atomic E-state index is 12.9. The van der Waals surface area contributed by atoms with E-state index < -0.39 is 11.1 Å². The Bertz CT molecular complexity index is 1180. The van der Waals surface area contributed by atoms with Crippen LogP contribution in [0.1, 0.15) is 16.7 Å². The quantitative estimate of drug-likeness (QED) is 0.484. The summed E-state index contributed by atoms with van der Waals surface area (Å²) in [5.74, 6) is 2.60. The molecule has 0 spiro atoms. The first-order valence-electron chi connectivity index (χ1n) is 10.3. The number of nitrogens with zero attached hydrogens (tertiary/aromatic N) is 2. The summed E-state index contributed by atoms with van der Waals surface area (Å²) in [5.41, 5.74) is 2.97. The van der Waals surface area contributed by atoms with Gasteiger partial charge in [0.2, 0.25) is 5.91 Å². The number of rotatable bonds is 6. The number of fused-ring (bicyclic) bond motifs is 1. The van der Waals surface area contributed by atoms with Crippen LogP contribution in [0.3, 0.4) is 0 Å². The average molecular weight is 463 g/mol. The van der Waals surface area contributed by atoms with E-state index in [2.05, 4.69) is 12.0 Å². The third-order valence-electron chi connectivity index (χ3n) is 5.45. The van der Waals surface area contributed by atoms with E-state index >= 15 is 0 Å². The molecule has 0 unspecified atom stereocenters. The van der Waals surface area contributed by atoms with Gasteiger partial charge in [-0.05, 0) is 53.1 Å². The van der Waals surface area contributed by atoms with Crippen molar-refractivity contribution < 1.29 is 23.9 Å². The molecular weight excluding hydrogens is 440 g/mol. The number of hydrogen-bond acceptors (Lipinski definition) is 6. The maximum Gasteiger partial charge on any atom is 0.294 e. The van der Waals surface area contributed by atoms with Crippen LogP contribution >= 0.6 is 11.8 Å². The fraction of sp³-hybridized carbons (Fsp3) is 0.240. The third kappa shape index (κ3) is 4.89. The molecule has 1 saturated heterocycles. The molecule has 0 N–H and O–H groups in total. The van der Waals surface area contributed by atoms with Gasteiger partial charge in [-0.2, -0.15) is 0 Å². The summed E-state index contributed by atoms with van der Waals surface area (Å²) in [4.78, 5) is 41.1. The Morgan fingerprint density at radius 2 is 1.97 bits per heavy atom. The summed E-state index contributed by atoms with van der Waals surface area (Å²) >= 11 is 0.815. The molecule has 2 aliphatic heterocycles. The summed E-state index contributed by atoms with van der Waals surface area (Å²) < 4.78 is 10.7. The van der Waals surface area contributed by atoms with Crippen molar-refractivity contribution in [1.29, 1.82) is 0 Å². The molecule has 0 saturated carbocycles. The van der Waals surface area contributed by atoms with E-state index in [1.54, 1.807) is 29.2 Å².